The van der Waals surface area contributed by atoms with Crippen LogP contribution in [0.4, 0.5) is 0 Å². The van der Waals surface area contributed by atoms with Crippen LogP contribution in [0.25, 0.3) is 0 Å². The molecule has 0 aromatic heterocycles. The maximum absolute atomic E-state index is 13.4. The van der Waals surface area contributed by atoms with Crippen LogP contribution in [0.2, 0.25) is 0 Å². The fourth-order valence-electron chi connectivity index (χ4n) is 4.17. The highest BCUT2D eigenvalue weighted by Gasteiger charge is 2.50. The molecule has 2 N–H and O–H groups in total. The molecule has 5 nitrogen and oxygen atoms in total. The van der Waals surface area contributed by atoms with Crippen molar-refractivity contribution in [1.29, 1.82) is 0 Å². The highest BCUT2D eigenvalue weighted by atomic mass is 16.3. The second kappa shape index (κ2) is 10.2. The number of hydrogen-bond acceptors (Lipinski definition) is 4. The summed E-state index contributed by atoms with van der Waals surface area (Å²) in [7, 11) is 0. The third-order valence-corrected chi connectivity index (χ3v) is 5.76. The smallest absolute Gasteiger partial charge is 0.253 e. The van der Waals surface area contributed by atoms with Crippen LogP contribution in [0.3, 0.4) is 0 Å². The number of rotatable bonds is 8. The monoisotopic (exact) mass is 446 g/mol. The van der Waals surface area contributed by atoms with E-state index in [2.05, 4.69) is 19.2 Å². The summed E-state index contributed by atoms with van der Waals surface area (Å²) in [6, 6.07) is 18.1. The zero-order valence-corrected chi connectivity index (χ0v) is 20.1. The molecule has 33 heavy (non-hydrogen) atoms. The number of nitrogens with one attached hydrogen (secondary N) is 1. The van der Waals surface area contributed by atoms with Crippen molar-refractivity contribution in [2.24, 2.45) is 11.8 Å². The second-order valence-electron chi connectivity index (χ2n) is 9.40. The first-order chi connectivity index (χ1) is 15.7. The van der Waals surface area contributed by atoms with Crippen molar-refractivity contribution >= 4 is 11.7 Å². The van der Waals surface area contributed by atoms with E-state index in [1.807, 2.05) is 62.1 Å². The molecule has 1 amide bonds. The van der Waals surface area contributed by atoms with Gasteiger partial charge < -0.3 is 15.3 Å². The summed E-state index contributed by atoms with van der Waals surface area (Å²) in [4.78, 5) is 28.5. The van der Waals surface area contributed by atoms with Gasteiger partial charge in [-0.1, -0.05) is 88.4 Å². The number of benzene rings is 2. The van der Waals surface area contributed by atoms with Crippen LogP contribution in [0.15, 0.2) is 83.6 Å². The fraction of sp³-hybridized carbons (Fsp3) is 0.357. The van der Waals surface area contributed by atoms with Crippen LogP contribution < -0.4 is 5.32 Å². The predicted octanol–water partition coefficient (Wildman–Crippen LogP) is 4.66. The van der Waals surface area contributed by atoms with E-state index >= 15 is 0 Å². The Hall–Kier alpha value is -3.18. The van der Waals surface area contributed by atoms with Crippen LogP contribution >= 0.6 is 0 Å². The minimum absolute atomic E-state index is 0.222. The van der Waals surface area contributed by atoms with Gasteiger partial charge >= 0.3 is 0 Å². The Morgan fingerprint density at radius 1 is 0.970 bits per heavy atom. The van der Waals surface area contributed by atoms with Crippen molar-refractivity contribution in [1.82, 2.24) is 10.2 Å². The van der Waals surface area contributed by atoms with Crippen molar-refractivity contribution in [3.05, 3.63) is 94.7 Å². The minimum atomic E-state index is -1.63. The van der Waals surface area contributed by atoms with Gasteiger partial charge in [-0.25, -0.2) is 0 Å². The Balaban J connectivity index is 2.21. The summed E-state index contributed by atoms with van der Waals surface area (Å²) >= 11 is 0. The van der Waals surface area contributed by atoms with Crippen molar-refractivity contribution in [3.8, 4) is 0 Å². The van der Waals surface area contributed by atoms with E-state index in [4.69, 9.17) is 0 Å². The van der Waals surface area contributed by atoms with Crippen LogP contribution in [0.1, 0.15) is 50.5 Å². The molecule has 174 valence electrons. The Kier molecular flexibility index (Phi) is 7.54. The third kappa shape index (κ3) is 5.09. The normalized spacial score (nSPS) is 19.6. The molecular formula is C28H34N2O3. The van der Waals surface area contributed by atoms with Gasteiger partial charge in [0.15, 0.2) is 11.5 Å². The molecular weight excluding hydrogens is 412 g/mol. The van der Waals surface area contributed by atoms with E-state index in [1.54, 1.807) is 24.3 Å². The lowest BCUT2D eigenvalue weighted by molar-refractivity contribution is -0.117. The number of aliphatic hydroxyl groups is 1. The fourth-order valence-corrected chi connectivity index (χ4v) is 4.17. The highest BCUT2D eigenvalue weighted by molar-refractivity contribution is 6.08. The van der Waals surface area contributed by atoms with Gasteiger partial charge in [-0.2, -0.15) is 0 Å². The average molecular weight is 447 g/mol. The molecule has 1 aliphatic rings. The largest absolute Gasteiger partial charge is 0.363 e. The predicted molar refractivity (Wildman–Crippen MR) is 131 cm³/mol. The number of ketones is 1. The molecule has 0 saturated heterocycles. The summed E-state index contributed by atoms with van der Waals surface area (Å²) in [5, 5.41) is 15.3. The van der Waals surface area contributed by atoms with Crippen molar-refractivity contribution < 1.29 is 14.7 Å². The van der Waals surface area contributed by atoms with Gasteiger partial charge in [0, 0.05) is 35.5 Å². The molecule has 0 bridgehead atoms. The summed E-state index contributed by atoms with van der Waals surface area (Å²) < 4.78 is 0. The first-order valence-corrected chi connectivity index (χ1v) is 11.5. The van der Waals surface area contributed by atoms with E-state index in [-0.39, 0.29) is 23.5 Å². The zero-order valence-electron chi connectivity index (χ0n) is 20.1. The van der Waals surface area contributed by atoms with Gasteiger partial charge in [0.25, 0.3) is 5.91 Å². The van der Waals surface area contributed by atoms with Crippen molar-refractivity contribution in [2.75, 3.05) is 13.1 Å². The highest BCUT2D eigenvalue weighted by Crippen LogP contribution is 2.47. The average Bonchev–Trinajstić information content (AvgIpc) is 3.00. The molecule has 0 aliphatic carbocycles. The number of amides is 1. The lowest BCUT2D eigenvalue weighted by Gasteiger charge is -2.39. The molecule has 2 aromatic rings. The molecule has 1 atom stereocenters. The molecule has 0 saturated carbocycles. The van der Waals surface area contributed by atoms with Gasteiger partial charge in [-0.05, 0) is 24.8 Å². The Morgan fingerprint density at radius 2 is 1.55 bits per heavy atom. The molecule has 2 aromatic carbocycles. The van der Waals surface area contributed by atoms with Crippen LogP contribution in [0.5, 0.6) is 0 Å². The van der Waals surface area contributed by atoms with Gasteiger partial charge in [0.1, 0.15) is 0 Å². The number of nitrogens with zero attached hydrogens (tertiary/aromatic N) is 1. The summed E-state index contributed by atoms with van der Waals surface area (Å²) in [5.74, 6) is -0.0454. The van der Waals surface area contributed by atoms with Crippen molar-refractivity contribution in [3.63, 3.8) is 0 Å². The van der Waals surface area contributed by atoms with E-state index in [9.17, 15) is 14.7 Å². The van der Waals surface area contributed by atoms with E-state index in [0.717, 1.165) is 0 Å². The summed E-state index contributed by atoms with van der Waals surface area (Å²) in [6.45, 7) is 11.0. The van der Waals surface area contributed by atoms with Crippen molar-refractivity contribution in [2.45, 2.75) is 40.3 Å². The molecule has 3 rings (SSSR count). The zero-order chi connectivity index (χ0) is 24.2. The minimum Gasteiger partial charge on any atom is -0.363 e. The molecule has 5 heteroatoms. The van der Waals surface area contributed by atoms with E-state index < -0.39 is 5.72 Å². The number of carbonyl (C=O) groups excluding carboxylic acids is 2. The van der Waals surface area contributed by atoms with E-state index in [1.165, 1.54) is 6.08 Å². The SMILES string of the molecule is CC1=C(C(=O)NCC(C)C)/C(=C/C(=O)c2ccccc2)C(O)(c2ccccc2)N1CC(C)C. The number of hydrogen-bond donors (Lipinski definition) is 2. The van der Waals surface area contributed by atoms with Crippen LogP contribution in [0, 0.1) is 11.8 Å². The van der Waals surface area contributed by atoms with Crippen LogP contribution in [-0.4, -0.2) is 34.8 Å². The molecule has 1 aliphatic heterocycles. The number of carbonyl (C=O) groups is 2. The van der Waals surface area contributed by atoms with Gasteiger partial charge in [-0.15, -0.1) is 0 Å². The topological polar surface area (TPSA) is 69.6 Å². The van der Waals surface area contributed by atoms with E-state index in [0.29, 0.717) is 41.1 Å². The lowest BCUT2D eigenvalue weighted by Crippen LogP contribution is -2.44. The maximum atomic E-state index is 13.4. The quantitative estimate of drug-likeness (QED) is 0.457. The Labute approximate surface area is 196 Å². The Bertz CT molecular complexity index is 1060. The Morgan fingerprint density at radius 3 is 2.09 bits per heavy atom. The third-order valence-electron chi connectivity index (χ3n) is 5.76. The van der Waals surface area contributed by atoms with Gasteiger partial charge in [0.05, 0.1) is 5.57 Å². The maximum Gasteiger partial charge on any atom is 0.253 e. The summed E-state index contributed by atoms with van der Waals surface area (Å²) in [6.07, 6.45) is 1.43. The first kappa shape index (κ1) is 24.5. The molecule has 0 radical (unpaired) electrons. The van der Waals surface area contributed by atoms with Gasteiger partial charge in [0.2, 0.25) is 0 Å². The molecule has 1 heterocycles. The second-order valence-corrected chi connectivity index (χ2v) is 9.40. The van der Waals surface area contributed by atoms with Crippen LogP contribution in [-0.2, 0) is 10.5 Å². The molecule has 0 fully saturated rings. The molecule has 1 unspecified atom stereocenters. The summed E-state index contributed by atoms with van der Waals surface area (Å²) in [5.41, 5.74) is 0.799. The number of allylic oxidation sites excluding steroid dienone is 2. The molecule has 0 spiro atoms. The van der Waals surface area contributed by atoms with Gasteiger partial charge in [-0.3, -0.25) is 9.59 Å². The standard InChI is InChI=1S/C28H34N2O3/c1-19(2)17-29-27(32)26-21(5)30(18-20(3)4)28(33,23-14-10-7-11-15-23)24(26)16-25(31)22-12-8-6-9-13-22/h6-16,19-20,33H,17-18H2,1-5H3,(H,29,32)/b24-16-. The first-order valence-electron chi connectivity index (χ1n) is 11.5. The lowest BCUT2D eigenvalue weighted by atomic mass is 9.89.